The summed E-state index contributed by atoms with van der Waals surface area (Å²) in [4.78, 5) is 27.4. The van der Waals surface area contributed by atoms with Gasteiger partial charge in [-0.25, -0.2) is 19.0 Å². The number of hydrogen-bond donors (Lipinski definition) is 0. The van der Waals surface area contributed by atoms with Crippen molar-refractivity contribution < 1.29 is 9.18 Å². The van der Waals surface area contributed by atoms with Crippen LogP contribution in [0.5, 0.6) is 0 Å². The van der Waals surface area contributed by atoms with Crippen LogP contribution < -0.4 is 4.90 Å². The Balaban J connectivity index is 1.34. The molecule has 8 heteroatoms. The molecule has 0 bridgehead atoms. The zero-order valence-corrected chi connectivity index (χ0v) is 20.9. The third-order valence-electron chi connectivity index (χ3n) is 7.55. The second kappa shape index (κ2) is 10.3. The van der Waals surface area contributed by atoms with Gasteiger partial charge in [0.2, 0.25) is 0 Å². The van der Waals surface area contributed by atoms with E-state index in [-0.39, 0.29) is 5.91 Å². The third kappa shape index (κ3) is 4.80. The second-order valence-electron chi connectivity index (χ2n) is 10.0. The van der Waals surface area contributed by atoms with E-state index in [0.717, 1.165) is 54.2 Å². The zero-order valence-electron chi connectivity index (χ0n) is 20.9. The number of rotatable bonds is 4. The Bertz CT molecular complexity index is 1400. The average molecular weight is 499 g/mol. The van der Waals surface area contributed by atoms with Crippen LogP contribution in [0.3, 0.4) is 0 Å². The molecule has 2 aromatic heterocycles. The van der Waals surface area contributed by atoms with Crippen molar-refractivity contribution in [1.29, 1.82) is 0 Å². The van der Waals surface area contributed by atoms with Gasteiger partial charge in [0, 0.05) is 37.7 Å². The van der Waals surface area contributed by atoms with Gasteiger partial charge in [0.15, 0.2) is 5.65 Å². The van der Waals surface area contributed by atoms with E-state index in [0.29, 0.717) is 31.1 Å². The first-order valence-electron chi connectivity index (χ1n) is 13.3. The number of amides is 1. The standard InChI is InChI=1S/C29H31FN6O/c30-23-12-7-11-22(19-23)29(37)35-16-8-15-34(17-18-35)27-25-20-31-36(24-13-5-2-6-14-24)28(25)33-26(32-27)21-9-3-1-4-10-21/h2,5-7,11-14,19-21H,1,3-4,8-10,15-18H2. The molecule has 7 nitrogen and oxygen atoms in total. The summed E-state index contributed by atoms with van der Waals surface area (Å²) >= 11 is 0. The highest BCUT2D eigenvalue weighted by molar-refractivity contribution is 5.94. The number of benzene rings is 2. The van der Waals surface area contributed by atoms with Gasteiger partial charge >= 0.3 is 0 Å². The number of halogens is 1. The Labute approximate surface area is 215 Å². The average Bonchev–Trinajstić information content (AvgIpc) is 3.22. The lowest BCUT2D eigenvalue weighted by molar-refractivity contribution is 0.0766. The van der Waals surface area contributed by atoms with E-state index in [2.05, 4.69) is 4.90 Å². The van der Waals surface area contributed by atoms with Crippen LogP contribution in [-0.4, -0.2) is 56.7 Å². The minimum atomic E-state index is -0.392. The summed E-state index contributed by atoms with van der Waals surface area (Å²) in [5.41, 5.74) is 2.19. The van der Waals surface area contributed by atoms with Crippen molar-refractivity contribution in [2.75, 3.05) is 31.1 Å². The molecule has 0 unspecified atom stereocenters. The van der Waals surface area contributed by atoms with E-state index in [4.69, 9.17) is 15.1 Å². The molecule has 3 heterocycles. The van der Waals surface area contributed by atoms with Gasteiger partial charge in [-0.3, -0.25) is 4.79 Å². The van der Waals surface area contributed by atoms with E-state index < -0.39 is 5.82 Å². The number of carbonyl (C=O) groups excluding carboxylic acids is 1. The highest BCUT2D eigenvalue weighted by atomic mass is 19.1. The van der Waals surface area contributed by atoms with Crippen LogP contribution in [0.4, 0.5) is 10.2 Å². The number of carbonyl (C=O) groups is 1. The predicted molar refractivity (Wildman–Crippen MR) is 142 cm³/mol. The summed E-state index contributed by atoms with van der Waals surface area (Å²) in [6.07, 6.45) is 8.58. The molecule has 37 heavy (non-hydrogen) atoms. The first kappa shape index (κ1) is 23.6. The smallest absolute Gasteiger partial charge is 0.254 e. The first-order valence-corrected chi connectivity index (χ1v) is 13.3. The number of para-hydroxylation sites is 1. The lowest BCUT2D eigenvalue weighted by Crippen LogP contribution is -2.35. The van der Waals surface area contributed by atoms with E-state index in [1.54, 1.807) is 12.1 Å². The van der Waals surface area contributed by atoms with Crippen molar-refractivity contribution in [3.63, 3.8) is 0 Å². The first-order chi connectivity index (χ1) is 18.2. The summed E-state index contributed by atoms with van der Waals surface area (Å²) in [7, 11) is 0. The van der Waals surface area contributed by atoms with Crippen molar-refractivity contribution in [1.82, 2.24) is 24.6 Å². The maximum absolute atomic E-state index is 13.7. The van der Waals surface area contributed by atoms with Crippen LogP contribution in [-0.2, 0) is 0 Å². The molecule has 0 atom stereocenters. The Morgan fingerprint density at radius 3 is 2.51 bits per heavy atom. The van der Waals surface area contributed by atoms with E-state index in [1.165, 1.54) is 31.4 Å². The minimum absolute atomic E-state index is 0.131. The van der Waals surface area contributed by atoms with Gasteiger partial charge in [-0.1, -0.05) is 43.5 Å². The number of nitrogens with zero attached hydrogens (tertiary/aromatic N) is 6. The van der Waals surface area contributed by atoms with Gasteiger partial charge in [0.25, 0.3) is 5.91 Å². The maximum Gasteiger partial charge on any atom is 0.254 e. The fraction of sp³-hybridized carbons (Fsp3) is 0.379. The number of hydrogen-bond acceptors (Lipinski definition) is 5. The Kier molecular flexibility index (Phi) is 6.55. The Hall–Kier alpha value is -3.81. The predicted octanol–water partition coefficient (Wildman–Crippen LogP) is 5.35. The van der Waals surface area contributed by atoms with Crippen molar-refractivity contribution in [3.8, 4) is 5.69 Å². The van der Waals surface area contributed by atoms with Crippen LogP contribution in [0.2, 0.25) is 0 Å². The molecular weight excluding hydrogens is 467 g/mol. The molecule has 6 rings (SSSR count). The number of aromatic nitrogens is 4. The SMILES string of the molecule is O=C(c1cccc(F)c1)N1CCCN(c2nc(C3CCCCC3)nc3c2cnn3-c2ccccc2)CC1. The van der Waals surface area contributed by atoms with Crippen molar-refractivity contribution in [3.05, 3.63) is 78.0 Å². The van der Waals surface area contributed by atoms with Gasteiger partial charge in [0.05, 0.1) is 17.3 Å². The molecule has 1 saturated carbocycles. The van der Waals surface area contributed by atoms with Crippen LogP contribution in [0, 0.1) is 5.82 Å². The molecule has 2 aliphatic rings. The van der Waals surface area contributed by atoms with Gasteiger partial charge in [0.1, 0.15) is 17.5 Å². The molecule has 1 saturated heterocycles. The fourth-order valence-electron chi connectivity index (χ4n) is 5.59. The van der Waals surface area contributed by atoms with Gasteiger partial charge in [-0.05, 0) is 49.6 Å². The van der Waals surface area contributed by atoms with Gasteiger partial charge in [-0.15, -0.1) is 0 Å². The van der Waals surface area contributed by atoms with Crippen LogP contribution in [0.25, 0.3) is 16.7 Å². The Morgan fingerprint density at radius 1 is 0.865 bits per heavy atom. The van der Waals surface area contributed by atoms with Gasteiger partial charge in [-0.2, -0.15) is 5.10 Å². The summed E-state index contributed by atoms with van der Waals surface area (Å²) in [5, 5.41) is 5.63. The molecule has 4 aromatic rings. The lowest BCUT2D eigenvalue weighted by atomic mass is 9.88. The largest absolute Gasteiger partial charge is 0.354 e. The molecule has 1 aliphatic carbocycles. The van der Waals surface area contributed by atoms with E-state index in [1.807, 2.05) is 46.1 Å². The fourth-order valence-corrected chi connectivity index (χ4v) is 5.59. The quantitative estimate of drug-likeness (QED) is 0.379. The topological polar surface area (TPSA) is 67.2 Å². The molecule has 1 aliphatic heterocycles. The maximum atomic E-state index is 13.7. The summed E-state index contributed by atoms with van der Waals surface area (Å²) < 4.78 is 15.6. The number of fused-ring (bicyclic) bond motifs is 1. The van der Waals surface area contributed by atoms with Crippen molar-refractivity contribution in [2.24, 2.45) is 0 Å². The lowest BCUT2D eigenvalue weighted by Gasteiger charge is -2.26. The van der Waals surface area contributed by atoms with E-state index >= 15 is 0 Å². The highest BCUT2D eigenvalue weighted by Crippen LogP contribution is 2.34. The minimum Gasteiger partial charge on any atom is -0.354 e. The molecule has 0 radical (unpaired) electrons. The normalized spacial score (nSPS) is 17.2. The summed E-state index contributed by atoms with van der Waals surface area (Å²) in [6.45, 7) is 2.60. The zero-order chi connectivity index (χ0) is 25.2. The summed E-state index contributed by atoms with van der Waals surface area (Å²) in [6, 6.07) is 16.0. The van der Waals surface area contributed by atoms with Crippen molar-refractivity contribution >= 4 is 22.8 Å². The van der Waals surface area contributed by atoms with Crippen LogP contribution >= 0.6 is 0 Å². The molecule has 2 aromatic carbocycles. The van der Waals surface area contributed by atoms with Crippen LogP contribution in [0.1, 0.15) is 60.6 Å². The molecule has 0 spiro atoms. The highest BCUT2D eigenvalue weighted by Gasteiger charge is 2.26. The molecule has 190 valence electrons. The van der Waals surface area contributed by atoms with Crippen molar-refractivity contribution in [2.45, 2.75) is 44.4 Å². The monoisotopic (exact) mass is 498 g/mol. The van der Waals surface area contributed by atoms with E-state index in [9.17, 15) is 9.18 Å². The van der Waals surface area contributed by atoms with Crippen LogP contribution in [0.15, 0.2) is 60.8 Å². The molecule has 0 N–H and O–H groups in total. The molecular formula is C29H31FN6O. The second-order valence-corrected chi connectivity index (χ2v) is 10.0. The summed E-state index contributed by atoms with van der Waals surface area (Å²) in [5.74, 6) is 1.63. The Morgan fingerprint density at radius 2 is 1.70 bits per heavy atom. The number of anilines is 1. The van der Waals surface area contributed by atoms with Gasteiger partial charge < -0.3 is 9.80 Å². The molecule has 2 fully saturated rings. The molecule has 1 amide bonds. The third-order valence-corrected chi connectivity index (χ3v) is 7.55.